The van der Waals surface area contributed by atoms with E-state index in [0.29, 0.717) is 12.0 Å². The van der Waals surface area contributed by atoms with Crippen LogP contribution in [0.3, 0.4) is 0 Å². The molecular weight excluding hydrogens is 233 g/mol. The first-order valence-electron chi connectivity index (χ1n) is 4.78. The highest BCUT2D eigenvalue weighted by molar-refractivity contribution is 7.84. The smallest absolute Gasteiger partial charge is 0.371 e. The number of benzene rings is 1. The highest BCUT2D eigenvalue weighted by atomic mass is 32.2. The van der Waals surface area contributed by atoms with Crippen molar-refractivity contribution >= 4 is 10.3 Å². The van der Waals surface area contributed by atoms with Gasteiger partial charge in [0, 0.05) is 0 Å². The molecule has 4 nitrogen and oxygen atoms in total. The lowest BCUT2D eigenvalue weighted by atomic mass is 10.0. The number of hydrogen-bond donors (Lipinski definition) is 1. The predicted octanol–water partition coefficient (Wildman–Crippen LogP) is 1.61. The van der Waals surface area contributed by atoms with Gasteiger partial charge in [0.05, 0.1) is 0 Å². The summed E-state index contributed by atoms with van der Waals surface area (Å²) in [6.45, 7) is 3.87. The molecule has 0 fully saturated rings. The molecular formula is C10H14FNO3S. The van der Waals surface area contributed by atoms with Crippen LogP contribution in [0.1, 0.15) is 19.4 Å². The van der Waals surface area contributed by atoms with Gasteiger partial charge in [-0.15, -0.1) is 0 Å². The van der Waals surface area contributed by atoms with Crippen molar-refractivity contribution in [2.45, 2.75) is 20.3 Å². The lowest BCUT2D eigenvalue weighted by Gasteiger charge is -2.11. The predicted molar refractivity (Wildman–Crippen MR) is 58.7 cm³/mol. The first-order valence-corrected chi connectivity index (χ1v) is 6.25. The molecule has 1 aromatic rings. The molecule has 1 aromatic carbocycles. The molecule has 0 radical (unpaired) electrons. The zero-order valence-electron chi connectivity index (χ0n) is 9.10. The van der Waals surface area contributed by atoms with Gasteiger partial charge in [-0.1, -0.05) is 13.8 Å². The third kappa shape index (κ3) is 4.16. The van der Waals surface area contributed by atoms with E-state index in [1.165, 1.54) is 12.1 Å². The summed E-state index contributed by atoms with van der Waals surface area (Å²) >= 11 is 0. The van der Waals surface area contributed by atoms with Gasteiger partial charge in [-0.3, -0.25) is 0 Å². The van der Waals surface area contributed by atoms with Gasteiger partial charge in [-0.05, 0) is 36.1 Å². The SMILES string of the molecule is CC(C)Cc1cc(F)ccc1OS(N)(=O)=O. The Morgan fingerprint density at radius 3 is 2.56 bits per heavy atom. The van der Waals surface area contributed by atoms with E-state index in [9.17, 15) is 12.8 Å². The van der Waals surface area contributed by atoms with Crippen molar-refractivity contribution in [2.24, 2.45) is 11.1 Å². The average molecular weight is 247 g/mol. The number of rotatable bonds is 4. The van der Waals surface area contributed by atoms with Crippen molar-refractivity contribution in [3.8, 4) is 5.75 Å². The second-order valence-corrected chi connectivity index (χ2v) is 5.08. The van der Waals surface area contributed by atoms with Crippen molar-refractivity contribution < 1.29 is 17.0 Å². The molecule has 0 bridgehead atoms. The fraction of sp³-hybridized carbons (Fsp3) is 0.400. The van der Waals surface area contributed by atoms with E-state index in [0.717, 1.165) is 6.07 Å². The molecule has 2 N–H and O–H groups in total. The summed E-state index contributed by atoms with van der Waals surface area (Å²) in [5.74, 6) is -0.0975. The molecule has 0 unspecified atom stereocenters. The maximum atomic E-state index is 13.0. The molecule has 0 saturated heterocycles. The van der Waals surface area contributed by atoms with E-state index >= 15 is 0 Å². The van der Waals surface area contributed by atoms with Crippen LogP contribution in [0.25, 0.3) is 0 Å². The van der Waals surface area contributed by atoms with Gasteiger partial charge < -0.3 is 4.18 Å². The van der Waals surface area contributed by atoms with Crippen molar-refractivity contribution in [1.29, 1.82) is 0 Å². The Morgan fingerprint density at radius 2 is 2.06 bits per heavy atom. The summed E-state index contributed by atoms with van der Waals surface area (Å²) in [7, 11) is -4.07. The second kappa shape index (κ2) is 4.80. The van der Waals surface area contributed by atoms with Crippen molar-refractivity contribution in [1.82, 2.24) is 0 Å². The molecule has 90 valence electrons. The Hall–Kier alpha value is -1.14. The van der Waals surface area contributed by atoms with E-state index in [-0.39, 0.29) is 11.7 Å². The average Bonchev–Trinajstić information content (AvgIpc) is 2.06. The minimum Gasteiger partial charge on any atom is -0.371 e. The fourth-order valence-electron chi connectivity index (χ4n) is 1.35. The number of hydrogen-bond acceptors (Lipinski definition) is 3. The minimum atomic E-state index is -4.07. The van der Waals surface area contributed by atoms with E-state index in [4.69, 9.17) is 5.14 Å². The van der Waals surface area contributed by atoms with Gasteiger partial charge in [-0.2, -0.15) is 13.6 Å². The largest absolute Gasteiger partial charge is 0.380 e. The maximum absolute atomic E-state index is 13.0. The molecule has 0 heterocycles. The molecule has 0 amide bonds. The summed E-state index contributed by atoms with van der Waals surface area (Å²) in [4.78, 5) is 0. The Morgan fingerprint density at radius 1 is 1.44 bits per heavy atom. The zero-order chi connectivity index (χ0) is 12.3. The Balaban J connectivity index is 3.07. The van der Waals surface area contributed by atoms with Gasteiger partial charge in [0.25, 0.3) is 0 Å². The number of nitrogens with two attached hydrogens (primary N) is 1. The highest BCUT2D eigenvalue weighted by Crippen LogP contribution is 2.23. The van der Waals surface area contributed by atoms with Crippen LogP contribution in [0, 0.1) is 11.7 Å². The van der Waals surface area contributed by atoms with Crippen LogP contribution < -0.4 is 9.32 Å². The summed E-state index contributed by atoms with van der Waals surface area (Å²) in [5, 5.41) is 4.76. The van der Waals surface area contributed by atoms with E-state index in [1.54, 1.807) is 0 Å². The van der Waals surface area contributed by atoms with Crippen molar-refractivity contribution in [3.05, 3.63) is 29.6 Å². The maximum Gasteiger partial charge on any atom is 0.380 e. The van der Waals surface area contributed by atoms with Gasteiger partial charge >= 0.3 is 10.3 Å². The molecule has 0 aliphatic carbocycles. The molecule has 0 atom stereocenters. The third-order valence-electron chi connectivity index (χ3n) is 1.86. The molecule has 0 aliphatic rings. The van der Waals surface area contributed by atoms with Gasteiger partial charge in [0.2, 0.25) is 0 Å². The lowest BCUT2D eigenvalue weighted by Crippen LogP contribution is -2.20. The normalized spacial score (nSPS) is 11.8. The molecule has 1 rings (SSSR count). The van der Waals surface area contributed by atoms with Crippen LogP contribution in [0.4, 0.5) is 4.39 Å². The fourth-order valence-corrected chi connectivity index (χ4v) is 1.77. The monoisotopic (exact) mass is 247 g/mol. The van der Waals surface area contributed by atoms with Crippen LogP contribution in [0.5, 0.6) is 5.75 Å². The van der Waals surface area contributed by atoms with Crippen molar-refractivity contribution in [3.63, 3.8) is 0 Å². The Kier molecular flexibility index (Phi) is 3.88. The molecule has 0 saturated carbocycles. The van der Waals surface area contributed by atoms with Gasteiger partial charge in [-0.25, -0.2) is 4.39 Å². The van der Waals surface area contributed by atoms with E-state index < -0.39 is 16.1 Å². The van der Waals surface area contributed by atoms with Crippen LogP contribution in [-0.2, 0) is 16.7 Å². The quantitative estimate of drug-likeness (QED) is 0.878. The van der Waals surface area contributed by atoms with Crippen molar-refractivity contribution in [2.75, 3.05) is 0 Å². The Labute approximate surface area is 94.5 Å². The van der Waals surface area contributed by atoms with Crippen LogP contribution in [-0.4, -0.2) is 8.42 Å². The summed E-state index contributed by atoms with van der Waals surface area (Å²) in [6.07, 6.45) is 0.516. The van der Waals surface area contributed by atoms with Crippen LogP contribution in [0.2, 0.25) is 0 Å². The second-order valence-electron chi connectivity index (χ2n) is 3.93. The number of halogens is 1. The van der Waals surface area contributed by atoms with E-state index in [2.05, 4.69) is 4.18 Å². The van der Waals surface area contributed by atoms with E-state index in [1.807, 2.05) is 13.8 Å². The summed E-state index contributed by atoms with van der Waals surface area (Å²) in [6, 6.07) is 3.64. The lowest BCUT2D eigenvalue weighted by molar-refractivity contribution is 0.479. The minimum absolute atomic E-state index is 0.0811. The zero-order valence-corrected chi connectivity index (χ0v) is 9.92. The van der Waals surface area contributed by atoms with Crippen LogP contribution >= 0.6 is 0 Å². The topological polar surface area (TPSA) is 69.4 Å². The summed E-state index contributed by atoms with van der Waals surface area (Å²) in [5.41, 5.74) is 0.490. The first-order chi connectivity index (χ1) is 7.28. The van der Waals surface area contributed by atoms with Crippen LogP contribution in [0.15, 0.2) is 18.2 Å². The molecule has 0 spiro atoms. The molecule has 0 aromatic heterocycles. The summed E-state index contributed by atoms with van der Waals surface area (Å²) < 4.78 is 39.1. The van der Waals surface area contributed by atoms with Gasteiger partial charge in [0.1, 0.15) is 11.6 Å². The molecule has 16 heavy (non-hydrogen) atoms. The molecule has 6 heteroatoms. The Bertz CT molecular complexity index is 471. The van der Waals surface area contributed by atoms with Gasteiger partial charge in [0.15, 0.2) is 0 Å². The first kappa shape index (κ1) is 12.9. The standard InChI is InChI=1S/C10H14FNO3S/c1-7(2)5-8-6-9(11)3-4-10(8)15-16(12,13)14/h3-4,6-7H,5H2,1-2H3,(H2,12,13,14). The molecule has 0 aliphatic heterocycles. The highest BCUT2D eigenvalue weighted by Gasteiger charge is 2.12. The third-order valence-corrected chi connectivity index (χ3v) is 2.27.